The van der Waals surface area contributed by atoms with Crippen LogP contribution in [-0.2, 0) is 6.42 Å². The van der Waals surface area contributed by atoms with E-state index in [0.29, 0.717) is 17.8 Å². The van der Waals surface area contributed by atoms with Crippen LogP contribution in [0.2, 0.25) is 0 Å². The molecule has 0 amide bonds. The lowest BCUT2D eigenvalue weighted by molar-refractivity contribution is 0.360. The molecule has 0 aliphatic heterocycles. The molecule has 1 unspecified atom stereocenters. The minimum Gasteiger partial charge on any atom is -0.352 e. The Labute approximate surface area is 202 Å². The van der Waals surface area contributed by atoms with Gasteiger partial charge in [-0.2, -0.15) is 10.2 Å². The standard InChI is InChI=1S/C21H21FN6.C2H6.2C2H4/c1-13-5-6-16(10-14(2)22)17(9-13)20-19(12-24-27-20)26-15(3)18-11-25-28-8-4-7-23-21(18)28;3*1-2/h4-9,11-12,14,26H,3,10H2,1-2H3,(H,24,27);1-2H3;2*1-2H2. The van der Waals surface area contributed by atoms with E-state index in [0.717, 1.165) is 33.6 Å². The van der Waals surface area contributed by atoms with Gasteiger partial charge in [0.1, 0.15) is 6.17 Å². The van der Waals surface area contributed by atoms with E-state index >= 15 is 0 Å². The van der Waals surface area contributed by atoms with E-state index in [1.165, 1.54) is 0 Å². The molecule has 0 radical (unpaired) electrons. The Kier molecular flexibility index (Phi) is 11.7. The van der Waals surface area contributed by atoms with Gasteiger partial charge < -0.3 is 5.32 Å². The zero-order valence-corrected chi connectivity index (χ0v) is 20.6. The first-order chi connectivity index (χ1) is 16.5. The fraction of sp³-hybridized carbons (Fsp3) is 0.222. The molecule has 6 nitrogen and oxygen atoms in total. The molecular weight excluding hydrogens is 427 g/mol. The van der Waals surface area contributed by atoms with Crippen LogP contribution >= 0.6 is 0 Å². The smallest absolute Gasteiger partial charge is 0.164 e. The Bertz CT molecular complexity index is 1170. The number of hydrogen-bond donors (Lipinski definition) is 2. The van der Waals surface area contributed by atoms with Gasteiger partial charge in [-0.1, -0.05) is 38.1 Å². The van der Waals surface area contributed by atoms with Crippen LogP contribution < -0.4 is 5.32 Å². The van der Waals surface area contributed by atoms with E-state index in [1.807, 2.05) is 51.2 Å². The van der Waals surface area contributed by atoms with Crippen molar-refractivity contribution in [3.8, 4) is 11.3 Å². The molecule has 34 heavy (non-hydrogen) atoms. The minimum atomic E-state index is -0.930. The van der Waals surface area contributed by atoms with Gasteiger partial charge in [0.15, 0.2) is 5.65 Å². The zero-order valence-electron chi connectivity index (χ0n) is 20.6. The lowest BCUT2D eigenvalue weighted by atomic mass is 9.97. The predicted molar refractivity (Wildman–Crippen MR) is 143 cm³/mol. The number of H-pyrrole nitrogens is 1. The van der Waals surface area contributed by atoms with E-state index in [4.69, 9.17) is 0 Å². The number of aryl methyl sites for hydroxylation is 1. The number of rotatable bonds is 6. The second-order valence-corrected chi connectivity index (χ2v) is 6.85. The monoisotopic (exact) mass is 462 g/mol. The van der Waals surface area contributed by atoms with Crippen LogP contribution in [0.15, 0.2) is 81.9 Å². The van der Waals surface area contributed by atoms with E-state index in [9.17, 15) is 4.39 Å². The van der Waals surface area contributed by atoms with E-state index in [1.54, 1.807) is 30.0 Å². The number of nitrogens with one attached hydrogen (secondary N) is 2. The van der Waals surface area contributed by atoms with E-state index in [2.05, 4.69) is 58.5 Å². The average molecular weight is 463 g/mol. The molecule has 0 fully saturated rings. The molecule has 3 heterocycles. The van der Waals surface area contributed by atoms with Crippen LogP contribution in [0.25, 0.3) is 22.6 Å². The van der Waals surface area contributed by atoms with Gasteiger partial charge in [0.25, 0.3) is 0 Å². The van der Waals surface area contributed by atoms with Gasteiger partial charge in [-0.15, -0.1) is 26.3 Å². The highest BCUT2D eigenvalue weighted by atomic mass is 19.1. The second-order valence-electron chi connectivity index (χ2n) is 6.85. The fourth-order valence-electron chi connectivity index (χ4n) is 3.26. The maximum Gasteiger partial charge on any atom is 0.164 e. The molecule has 0 spiro atoms. The third kappa shape index (κ3) is 6.75. The first-order valence-electron chi connectivity index (χ1n) is 11.0. The van der Waals surface area contributed by atoms with Gasteiger partial charge in [0, 0.05) is 30.1 Å². The number of hydrogen-bond acceptors (Lipinski definition) is 4. The number of alkyl halides is 1. The first kappa shape index (κ1) is 28.0. The first-order valence-corrected chi connectivity index (χ1v) is 11.0. The molecule has 0 aliphatic rings. The van der Waals surface area contributed by atoms with E-state index in [-0.39, 0.29) is 0 Å². The Morgan fingerprint density at radius 2 is 1.88 bits per heavy atom. The number of aromatic nitrogens is 5. The average Bonchev–Trinajstić information content (AvgIpc) is 3.51. The van der Waals surface area contributed by atoms with Crippen LogP contribution in [-0.4, -0.2) is 31.0 Å². The quantitative estimate of drug-likeness (QED) is 0.301. The lowest BCUT2D eigenvalue weighted by Gasteiger charge is -2.13. The summed E-state index contributed by atoms with van der Waals surface area (Å²) in [4.78, 5) is 4.37. The van der Waals surface area contributed by atoms with Gasteiger partial charge in [-0.05, 0) is 31.5 Å². The summed E-state index contributed by atoms with van der Waals surface area (Å²) in [6.45, 7) is 23.7. The van der Waals surface area contributed by atoms with Crippen LogP contribution in [0, 0.1) is 6.92 Å². The van der Waals surface area contributed by atoms with Gasteiger partial charge >= 0.3 is 0 Å². The molecule has 0 bridgehead atoms. The highest BCUT2D eigenvalue weighted by Crippen LogP contribution is 2.32. The molecule has 1 atom stereocenters. The summed E-state index contributed by atoms with van der Waals surface area (Å²) in [6.07, 6.45) is 6.38. The van der Waals surface area contributed by atoms with Crippen molar-refractivity contribution in [2.24, 2.45) is 0 Å². The summed E-state index contributed by atoms with van der Waals surface area (Å²) in [5, 5.41) is 14.8. The molecule has 0 saturated carbocycles. The van der Waals surface area contributed by atoms with Crippen molar-refractivity contribution in [1.29, 1.82) is 0 Å². The van der Waals surface area contributed by atoms with Crippen molar-refractivity contribution in [2.75, 3.05) is 5.32 Å². The third-order valence-electron chi connectivity index (χ3n) is 4.57. The summed E-state index contributed by atoms with van der Waals surface area (Å²) in [7, 11) is 0. The lowest BCUT2D eigenvalue weighted by Crippen LogP contribution is -2.03. The van der Waals surface area contributed by atoms with Crippen LogP contribution in [0.4, 0.5) is 10.1 Å². The molecule has 1 aromatic carbocycles. The summed E-state index contributed by atoms with van der Waals surface area (Å²) < 4.78 is 15.4. The van der Waals surface area contributed by atoms with Gasteiger partial charge in [0.05, 0.1) is 29.3 Å². The number of halogens is 1. The summed E-state index contributed by atoms with van der Waals surface area (Å²) >= 11 is 0. The minimum absolute atomic E-state index is 0.340. The summed E-state index contributed by atoms with van der Waals surface area (Å²) in [5.74, 6) is 0. The fourth-order valence-corrected chi connectivity index (χ4v) is 3.26. The Balaban J connectivity index is 0.000000894. The third-order valence-corrected chi connectivity index (χ3v) is 4.57. The van der Waals surface area contributed by atoms with Crippen molar-refractivity contribution >= 4 is 17.0 Å². The van der Waals surface area contributed by atoms with Gasteiger partial charge in [-0.3, -0.25) is 5.10 Å². The molecule has 0 saturated heterocycles. The van der Waals surface area contributed by atoms with Crippen LogP contribution in [0.5, 0.6) is 0 Å². The van der Waals surface area contributed by atoms with Crippen molar-refractivity contribution in [2.45, 2.75) is 40.3 Å². The molecule has 7 heteroatoms. The maximum absolute atomic E-state index is 13.7. The number of anilines is 1. The molecule has 180 valence electrons. The summed E-state index contributed by atoms with van der Waals surface area (Å²) in [6, 6.07) is 7.82. The van der Waals surface area contributed by atoms with E-state index < -0.39 is 6.17 Å². The molecule has 4 aromatic rings. The molecular formula is C27H35FN6. The Morgan fingerprint density at radius 3 is 2.56 bits per heavy atom. The maximum atomic E-state index is 13.7. The summed E-state index contributed by atoms with van der Waals surface area (Å²) in [5.41, 5.74) is 6.68. The normalized spacial score (nSPS) is 10.5. The molecule has 3 aromatic heterocycles. The zero-order chi connectivity index (χ0) is 25.7. The molecule has 2 N–H and O–H groups in total. The molecule has 4 rings (SSSR count). The highest BCUT2D eigenvalue weighted by molar-refractivity contribution is 5.87. The number of nitrogens with zero attached hydrogens (tertiary/aromatic N) is 4. The van der Waals surface area contributed by atoms with Crippen molar-refractivity contribution < 1.29 is 4.39 Å². The van der Waals surface area contributed by atoms with Gasteiger partial charge in [0.2, 0.25) is 0 Å². The largest absolute Gasteiger partial charge is 0.352 e. The topological polar surface area (TPSA) is 70.9 Å². The number of benzene rings is 1. The number of fused-ring (bicyclic) bond motifs is 1. The highest BCUT2D eigenvalue weighted by Gasteiger charge is 2.16. The van der Waals surface area contributed by atoms with Crippen molar-refractivity contribution in [3.05, 3.63) is 98.6 Å². The van der Waals surface area contributed by atoms with Crippen LogP contribution in [0.1, 0.15) is 37.5 Å². The predicted octanol–water partition coefficient (Wildman–Crippen LogP) is 7.04. The van der Waals surface area contributed by atoms with Gasteiger partial charge in [-0.25, -0.2) is 13.9 Å². The Hall–Kier alpha value is -4.00. The Morgan fingerprint density at radius 1 is 1.18 bits per heavy atom. The number of aromatic amines is 1. The SMILES string of the molecule is C=C.C=C.C=C(Nc1cn[nH]c1-c1cc(C)ccc1CC(C)F)c1cnn2cccnc12.CC. The second kappa shape index (κ2) is 14.2. The van der Waals surface area contributed by atoms with Crippen molar-refractivity contribution in [3.63, 3.8) is 0 Å². The molecule has 0 aliphatic carbocycles. The van der Waals surface area contributed by atoms with Crippen LogP contribution in [0.3, 0.4) is 0 Å². The van der Waals surface area contributed by atoms with Crippen molar-refractivity contribution in [1.82, 2.24) is 24.8 Å².